The largest absolute Gasteiger partial charge is 0.375 e. The zero-order valence-electron chi connectivity index (χ0n) is 17.3. The zero-order valence-corrected chi connectivity index (χ0v) is 17.3. The molecule has 1 N–H and O–H groups in total. The summed E-state index contributed by atoms with van der Waals surface area (Å²) in [5.41, 5.74) is 4.71. The molecule has 0 unspecified atom stereocenters. The van der Waals surface area contributed by atoms with Gasteiger partial charge in [0.05, 0.1) is 12.2 Å². The van der Waals surface area contributed by atoms with Crippen LogP contribution in [0.3, 0.4) is 0 Å². The van der Waals surface area contributed by atoms with Gasteiger partial charge in [-0.2, -0.15) is 4.98 Å². The van der Waals surface area contributed by atoms with Gasteiger partial charge in [-0.1, -0.05) is 24.2 Å². The van der Waals surface area contributed by atoms with Gasteiger partial charge in [-0.15, -0.1) is 0 Å². The minimum Gasteiger partial charge on any atom is -0.375 e. The lowest BCUT2D eigenvalue weighted by Gasteiger charge is -2.14. The smallest absolute Gasteiger partial charge is 0.270 e. The van der Waals surface area contributed by atoms with Crippen LogP contribution in [0.1, 0.15) is 52.5 Å². The molecule has 9 nitrogen and oxygen atoms in total. The standard InChI is InChI=1S/C22H22N6O3/c1-3-13-9-23-22-24-10-18(28(22)11-13)21(29)25-17-7-5-14-8-15(4-6-16(14)17)20-26-19(12-30-2)31-27-20/h4,6,8-11,17H,3,5,7,12H2,1-2H3,(H,25,29)/t17-/m1/s1. The van der Waals surface area contributed by atoms with Gasteiger partial charge in [0.15, 0.2) is 0 Å². The zero-order chi connectivity index (χ0) is 21.4. The van der Waals surface area contributed by atoms with E-state index in [0.717, 1.165) is 36.0 Å². The first-order valence-corrected chi connectivity index (χ1v) is 10.2. The molecule has 0 aliphatic heterocycles. The summed E-state index contributed by atoms with van der Waals surface area (Å²) in [6, 6.07) is 5.99. The summed E-state index contributed by atoms with van der Waals surface area (Å²) in [7, 11) is 1.58. The molecule has 1 amide bonds. The number of benzene rings is 1. The van der Waals surface area contributed by atoms with Gasteiger partial charge < -0.3 is 14.6 Å². The Labute approximate surface area is 178 Å². The molecule has 5 rings (SSSR count). The second-order valence-electron chi connectivity index (χ2n) is 7.55. The third kappa shape index (κ3) is 3.57. The maximum Gasteiger partial charge on any atom is 0.270 e. The highest BCUT2D eigenvalue weighted by Gasteiger charge is 2.26. The van der Waals surface area contributed by atoms with E-state index in [0.29, 0.717) is 23.2 Å². The minimum atomic E-state index is -0.160. The van der Waals surface area contributed by atoms with E-state index in [1.165, 1.54) is 5.56 Å². The number of hydrogen-bond donors (Lipinski definition) is 1. The van der Waals surface area contributed by atoms with E-state index in [9.17, 15) is 4.79 Å². The Balaban J connectivity index is 1.36. The lowest BCUT2D eigenvalue weighted by Crippen LogP contribution is -2.28. The third-order valence-electron chi connectivity index (χ3n) is 5.58. The first-order chi connectivity index (χ1) is 15.2. The van der Waals surface area contributed by atoms with E-state index in [-0.39, 0.29) is 18.6 Å². The van der Waals surface area contributed by atoms with Crippen molar-refractivity contribution < 1.29 is 14.1 Å². The number of nitrogens with one attached hydrogen (secondary N) is 1. The maximum atomic E-state index is 13.0. The molecule has 9 heteroatoms. The first kappa shape index (κ1) is 19.4. The third-order valence-corrected chi connectivity index (χ3v) is 5.58. The van der Waals surface area contributed by atoms with Crippen LogP contribution in [-0.2, 0) is 24.2 Å². The van der Waals surface area contributed by atoms with Crippen molar-refractivity contribution in [1.29, 1.82) is 0 Å². The molecular weight excluding hydrogens is 396 g/mol. The summed E-state index contributed by atoms with van der Waals surface area (Å²) in [5, 5.41) is 7.18. The molecule has 0 saturated carbocycles. The van der Waals surface area contributed by atoms with Crippen molar-refractivity contribution in [3.05, 3.63) is 65.1 Å². The first-order valence-electron chi connectivity index (χ1n) is 10.2. The quantitative estimate of drug-likeness (QED) is 0.513. The normalized spacial score (nSPS) is 15.4. The number of fused-ring (bicyclic) bond motifs is 2. The summed E-state index contributed by atoms with van der Waals surface area (Å²) >= 11 is 0. The summed E-state index contributed by atoms with van der Waals surface area (Å²) in [6.45, 7) is 2.33. The lowest BCUT2D eigenvalue weighted by molar-refractivity contribution is 0.0930. The fourth-order valence-electron chi connectivity index (χ4n) is 3.96. The SMILES string of the molecule is CCc1cnc2ncc(C(=O)N[C@@H]3CCc4cc(-c5noc(COC)n5)ccc43)n2c1. The van der Waals surface area contributed by atoms with Gasteiger partial charge in [0.25, 0.3) is 11.8 Å². The Kier molecular flexibility index (Phi) is 4.95. The van der Waals surface area contributed by atoms with E-state index < -0.39 is 0 Å². The van der Waals surface area contributed by atoms with Crippen molar-refractivity contribution in [2.45, 2.75) is 38.8 Å². The summed E-state index contributed by atoms with van der Waals surface area (Å²) < 4.78 is 12.0. The number of methoxy groups -OCH3 is 1. The number of carbonyl (C=O) groups excluding carboxylic acids is 1. The summed E-state index contributed by atoms with van der Waals surface area (Å²) in [6.07, 6.45) is 7.82. The minimum absolute atomic E-state index is 0.0567. The van der Waals surface area contributed by atoms with Crippen molar-refractivity contribution in [3.63, 3.8) is 0 Å². The number of hydrogen-bond acceptors (Lipinski definition) is 7. The second kappa shape index (κ2) is 7.92. The Bertz CT molecular complexity index is 1260. The van der Waals surface area contributed by atoms with E-state index in [4.69, 9.17) is 9.26 Å². The molecule has 0 spiro atoms. The Morgan fingerprint density at radius 1 is 1.32 bits per heavy atom. The molecule has 3 heterocycles. The number of nitrogens with zero attached hydrogens (tertiary/aromatic N) is 5. The van der Waals surface area contributed by atoms with Crippen LogP contribution in [0.4, 0.5) is 0 Å². The van der Waals surface area contributed by atoms with Crippen LogP contribution in [0, 0.1) is 0 Å². The molecule has 1 aliphatic rings. The average molecular weight is 418 g/mol. The molecule has 158 valence electrons. The molecule has 4 aromatic rings. The summed E-state index contributed by atoms with van der Waals surface area (Å²) in [5.74, 6) is 1.34. The number of carbonyl (C=O) groups is 1. The van der Waals surface area contributed by atoms with Gasteiger partial charge >= 0.3 is 0 Å². The average Bonchev–Trinajstić information content (AvgIpc) is 3.52. The fraction of sp³-hybridized carbons (Fsp3) is 0.318. The fourth-order valence-corrected chi connectivity index (χ4v) is 3.96. The molecule has 31 heavy (non-hydrogen) atoms. The van der Waals surface area contributed by atoms with Gasteiger partial charge in [-0.3, -0.25) is 9.20 Å². The molecule has 3 aromatic heterocycles. The number of rotatable bonds is 6. The number of ether oxygens (including phenoxy) is 1. The molecule has 0 bridgehead atoms. The van der Waals surface area contributed by atoms with Gasteiger partial charge in [0.1, 0.15) is 12.3 Å². The van der Waals surface area contributed by atoms with Crippen molar-refractivity contribution in [2.75, 3.05) is 7.11 Å². The van der Waals surface area contributed by atoms with Crippen molar-refractivity contribution in [2.24, 2.45) is 0 Å². The predicted molar refractivity (Wildman–Crippen MR) is 111 cm³/mol. The molecule has 0 saturated heterocycles. The molecule has 1 aliphatic carbocycles. The molecule has 0 radical (unpaired) electrons. The van der Waals surface area contributed by atoms with Crippen molar-refractivity contribution in [3.8, 4) is 11.4 Å². The number of aryl methyl sites for hydroxylation is 2. The van der Waals surface area contributed by atoms with E-state index in [1.807, 2.05) is 18.3 Å². The number of imidazole rings is 1. The highest BCUT2D eigenvalue weighted by molar-refractivity contribution is 5.93. The van der Waals surface area contributed by atoms with Crippen LogP contribution in [-0.4, -0.2) is 37.5 Å². The monoisotopic (exact) mass is 418 g/mol. The van der Waals surface area contributed by atoms with Crippen molar-refractivity contribution >= 4 is 11.7 Å². The number of amides is 1. The molecule has 1 atom stereocenters. The number of aromatic nitrogens is 5. The Morgan fingerprint density at radius 3 is 3.03 bits per heavy atom. The van der Waals surface area contributed by atoms with Gasteiger partial charge in [0, 0.05) is 25.1 Å². The Hall–Kier alpha value is -3.59. The second-order valence-corrected chi connectivity index (χ2v) is 7.55. The van der Waals surface area contributed by atoms with Gasteiger partial charge in [-0.25, -0.2) is 9.97 Å². The highest BCUT2D eigenvalue weighted by atomic mass is 16.5. The van der Waals surface area contributed by atoms with Crippen LogP contribution in [0.5, 0.6) is 0 Å². The molecule has 1 aromatic carbocycles. The van der Waals surface area contributed by atoms with Crippen LogP contribution in [0.25, 0.3) is 17.2 Å². The Morgan fingerprint density at radius 2 is 2.19 bits per heavy atom. The van der Waals surface area contributed by atoms with E-state index >= 15 is 0 Å². The van der Waals surface area contributed by atoms with Crippen LogP contribution in [0.2, 0.25) is 0 Å². The topological polar surface area (TPSA) is 107 Å². The molecular formula is C22H22N6O3. The maximum absolute atomic E-state index is 13.0. The van der Waals surface area contributed by atoms with Crippen molar-refractivity contribution in [1.82, 2.24) is 29.8 Å². The predicted octanol–water partition coefficient (Wildman–Crippen LogP) is 2.91. The lowest BCUT2D eigenvalue weighted by atomic mass is 10.0. The van der Waals surface area contributed by atoms with Crippen LogP contribution < -0.4 is 5.32 Å². The van der Waals surface area contributed by atoms with Gasteiger partial charge in [0.2, 0.25) is 11.6 Å². The van der Waals surface area contributed by atoms with Crippen LogP contribution >= 0.6 is 0 Å². The van der Waals surface area contributed by atoms with E-state index in [2.05, 4.69) is 38.4 Å². The molecule has 0 fully saturated rings. The highest BCUT2D eigenvalue weighted by Crippen LogP contribution is 2.34. The van der Waals surface area contributed by atoms with E-state index in [1.54, 1.807) is 23.9 Å². The summed E-state index contributed by atoms with van der Waals surface area (Å²) in [4.78, 5) is 25.9. The van der Waals surface area contributed by atoms with Crippen LogP contribution in [0.15, 0.2) is 41.3 Å². The van der Waals surface area contributed by atoms with Gasteiger partial charge in [-0.05, 0) is 42.0 Å².